The van der Waals surface area contributed by atoms with E-state index in [9.17, 15) is 52.6 Å². The van der Waals surface area contributed by atoms with Crippen LogP contribution in [0.1, 0.15) is 73.8 Å². The lowest BCUT2D eigenvalue weighted by Gasteiger charge is -2.31. The number of unbranched alkanes of at least 4 members (excludes halogenated alkanes) is 2. The van der Waals surface area contributed by atoms with Gasteiger partial charge < -0.3 is 45.7 Å². The number of imide groups is 1. The first-order valence-corrected chi connectivity index (χ1v) is 20.3. The van der Waals surface area contributed by atoms with Crippen LogP contribution in [-0.4, -0.2) is 106 Å². The Balaban J connectivity index is 0.926. The van der Waals surface area contributed by atoms with E-state index >= 15 is 0 Å². The van der Waals surface area contributed by atoms with Crippen LogP contribution in [0.3, 0.4) is 0 Å². The van der Waals surface area contributed by atoms with E-state index in [2.05, 4.69) is 31.6 Å². The molecule has 0 radical (unpaired) electrons. The number of cyclic esters (lactones) is 1. The molecular formula is C42H47FN8O12. The Morgan fingerprint density at radius 3 is 2.38 bits per heavy atom. The largest absolute Gasteiger partial charge is 0.458 e. The van der Waals surface area contributed by atoms with Gasteiger partial charge in [-0.3, -0.25) is 43.3 Å². The minimum Gasteiger partial charge on any atom is -0.458 e. The topological polar surface area (TPSA) is 274 Å². The van der Waals surface area contributed by atoms with Crippen LogP contribution in [0.2, 0.25) is 0 Å². The summed E-state index contributed by atoms with van der Waals surface area (Å²) >= 11 is 0. The van der Waals surface area contributed by atoms with E-state index in [0.29, 0.717) is 52.7 Å². The molecule has 63 heavy (non-hydrogen) atoms. The van der Waals surface area contributed by atoms with E-state index in [1.807, 2.05) is 0 Å². The van der Waals surface area contributed by atoms with Crippen molar-refractivity contribution >= 4 is 58.2 Å². The lowest BCUT2D eigenvalue weighted by atomic mass is 9.86. The molecule has 334 valence electrons. The fraction of sp³-hybridized carbons (Fsp3) is 0.429. The Labute approximate surface area is 358 Å². The van der Waals surface area contributed by atoms with Gasteiger partial charge in [0.15, 0.2) is 5.60 Å². The molecule has 0 saturated heterocycles. The summed E-state index contributed by atoms with van der Waals surface area (Å²) in [5, 5.41) is 24.1. The van der Waals surface area contributed by atoms with Gasteiger partial charge in [0, 0.05) is 54.2 Å². The van der Waals surface area contributed by atoms with Gasteiger partial charge in [-0.15, -0.1) is 0 Å². The Morgan fingerprint density at radius 2 is 1.65 bits per heavy atom. The van der Waals surface area contributed by atoms with Crippen LogP contribution < -0.4 is 32.1 Å². The van der Waals surface area contributed by atoms with E-state index in [1.165, 1.54) is 35.8 Å². The van der Waals surface area contributed by atoms with Gasteiger partial charge in [0.2, 0.25) is 29.5 Å². The number of halogens is 1. The number of benzene rings is 1. The van der Waals surface area contributed by atoms with Gasteiger partial charge in [0.1, 0.15) is 31.8 Å². The number of carbonyl (C=O) groups is 8. The van der Waals surface area contributed by atoms with Gasteiger partial charge in [0.05, 0.1) is 42.1 Å². The Hall–Kier alpha value is -6.87. The minimum atomic E-state index is -2.04. The summed E-state index contributed by atoms with van der Waals surface area (Å²) in [4.78, 5) is 117. The maximum atomic E-state index is 14.8. The summed E-state index contributed by atoms with van der Waals surface area (Å²) in [5.41, 5.74) is 0.0813. The average molecular weight is 875 g/mol. The van der Waals surface area contributed by atoms with Crippen LogP contribution in [0.15, 0.2) is 35.1 Å². The number of esters is 1. The Bertz CT molecular complexity index is 2490. The molecule has 3 aliphatic rings. The number of fused-ring (bicyclic) bond motifs is 5. The maximum Gasteiger partial charge on any atom is 0.343 e. The van der Waals surface area contributed by atoms with Crippen LogP contribution >= 0.6 is 0 Å². The van der Waals surface area contributed by atoms with Crippen molar-refractivity contribution in [2.75, 3.05) is 33.0 Å². The van der Waals surface area contributed by atoms with E-state index in [1.54, 1.807) is 19.9 Å². The van der Waals surface area contributed by atoms with Gasteiger partial charge in [-0.2, -0.15) is 0 Å². The number of aliphatic hydroxyl groups is 1. The Kier molecular flexibility index (Phi) is 14.1. The summed E-state index contributed by atoms with van der Waals surface area (Å²) < 4.78 is 26.7. The molecule has 2 aromatic heterocycles. The molecule has 0 saturated carbocycles. The van der Waals surface area contributed by atoms with Gasteiger partial charge in [-0.25, -0.2) is 14.2 Å². The molecule has 0 bridgehead atoms. The highest BCUT2D eigenvalue weighted by molar-refractivity contribution is 6.12. The maximum absolute atomic E-state index is 14.8. The number of aromatic nitrogens is 2. The fourth-order valence-electron chi connectivity index (χ4n) is 7.40. The lowest BCUT2D eigenvalue weighted by Crippen LogP contribution is -2.49. The molecule has 6 rings (SSSR count). The zero-order valence-corrected chi connectivity index (χ0v) is 34.8. The predicted octanol–water partition coefficient (Wildman–Crippen LogP) is -0.544. The molecule has 0 unspecified atom stereocenters. The zero-order valence-electron chi connectivity index (χ0n) is 34.8. The van der Waals surface area contributed by atoms with Crippen LogP contribution in [0.25, 0.3) is 22.3 Å². The second-order valence-corrected chi connectivity index (χ2v) is 15.3. The van der Waals surface area contributed by atoms with Crippen molar-refractivity contribution in [2.45, 2.75) is 84.2 Å². The molecule has 2 atom stereocenters. The standard InChI is InChI=1S/C42H47FN8O12/c1-4-42(61)28-13-31-38-26(18-51(31)40(59)27(28)19-63-41(42)60)25(24-12-22(2)29(43)14-30(24)49-38)15-44-35(55)20-62-21-47-33(53)16-46-39(58)23(3)48-34(54)17-45-32(52)8-6-5-7-11-50-36(56)9-10-37(50)57/h9-10,12-14,23,61H,4-8,11,15-21H2,1-3H3,(H,44,55)(H,45,52)(H,46,58)(H,47,53)(H,48,54)/t23-,42-/m0/s1. The molecule has 0 fully saturated rings. The fourth-order valence-corrected chi connectivity index (χ4v) is 7.40. The molecule has 0 aliphatic carbocycles. The number of amides is 7. The van der Waals surface area contributed by atoms with Crippen molar-refractivity contribution < 1.29 is 57.3 Å². The number of nitrogens with zero attached hydrogens (tertiary/aromatic N) is 3. The number of rotatable bonds is 19. The summed E-state index contributed by atoms with van der Waals surface area (Å²) in [6, 6.07) is 3.34. The first-order chi connectivity index (χ1) is 30.0. The van der Waals surface area contributed by atoms with Crippen LogP contribution in [-0.2, 0) is 73.1 Å². The van der Waals surface area contributed by atoms with Crippen LogP contribution in [0.5, 0.6) is 0 Å². The third kappa shape index (κ3) is 10.1. The molecule has 1 aromatic carbocycles. The number of aryl methyl sites for hydroxylation is 1. The molecule has 5 heterocycles. The first-order valence-electron chi connectivity index (χ1n) is 20.3. The first kappa shape index (κ1) is 45.7. The zero-order chi connectivity index (χ0) is 45.6. The van der Waals surface area contributed by atoms with Crippen LogP contribution in [0, 0.1) is 12.7 Å². The number of ether oxygens (including phenoxy) is 2. The number of pyridine rings is 2. The molecule has 3 aliphatic heterocycles. The number of hydrogen-bond donors (Lipinski definition) is 6. The van der Waals surface area contributed by atoms with Gasteiger partial charge in [-0.05, 0) is 56.4 Å². The number of hydrogen-bond acceptors (Lipinski definition) is 13. The number of carbonyl (C=O) groups excluding carboxylic acids is 8. The van der Waals surface area contributed by atoms with E-state index < -0.39 is 72.5 Å². The normalized spacial score (nSPS) is 16.5. The van der Waals surface area contributed by atoms with Crippen LogP contribution in [0.4, 0.5) is 4.39 Å². The second kappa shape index (κ2) is 19.5. The van der Waals surface area contributed by atoms with Crippen molar-refractivity contribution in [3.8, 4) is 11.4 Å². The van der Waals surface area contributed by atoms with Gasteiger partial charge in [0.25, 0.3) is 17.4 Å². The second-order valence-electron chi connectivity index (χ2n) is 15.3. The third-order valence-electron chi connectivity index (χ3n) is 11.0. The highest BCUT2D eigenvalue weighted by Gasteiger charge is 2.45. The molecule has 21 heteroatoms. The summed E-state index contributed by atoms with van der Waals surface area (Å²) in [5.74, 6) is -5.05. The number of nitrogens with one attached hydrogen (secondary N) is 5. The average Bonchev–Trinajstić information content (AvgIpc) is 3.78. The van der Waals surface area contributed by atoms with Gasteiger partial charge in [-0.1, -0.05) is 13.3 Å². The molecular weight excluding hydrogens is 828 g/mol. The van der Waals surface area contributed by atoms with Crippen molar-refractivity contribution in [3.05, 3.63) is 74.3 Å². The van der Waals surface area contributed by atoms with Gasteiger partial charge >= 0.3 is 5.97 Å². The summed E-state index contributed by atoms with van der Waals surface area (Å²) in [6.45, 7) is 2.73. The van der Waals surface area contributed by atoms with E-state index in [-0.39, 0.29) is 80.0 Å². The SMILES string of the molecule is CC[C@@]1(O)C(=O)OCc2c1cc1n(c2=O)Cc2c-1nc1cc(F)c(C)cc1c2CNC(=O)COCNC(=O)CNC(=O)[C@H](C)NC(=O)CNC(=O)CCCCCN1C(=O)C=CC1=O. The van der Waals surface area contributed by atoms with Crippen molar-refractivity contribution in [3.63, 3.8) is 0 Å². The molecule has 6 N–H and O–H groups in total. The summed E-state index contributed by atoms with van der Waals surface area (Å²) in [7, 11) is 0. The predicted molar refractivity (Wildman–Crippen MR) is 218 cm³/mol. The van der Waals surface area contributed by atoms with E-state index in [0.717, 1.165) is 4.90 Å². The third-order valence-corrected chi connectivity index (χ3v) is 11.0. The highest BCUT2D eigenvalue weighted by atomic mass is 19.1. The molecule has 7 amide bonds. The van der Waals surface area contributed by atoms with Crippen molar-refractivity contribution in [1.29, 1.82) is 0 Å². The van der Waals surface area contributed by atoms with E-state index in [4.69, 9.17) is 9.47 Å². The lowest BCUT2D eigenvalue weighted by molar-refractivity contribution is -0.172. The molecule has 3 aromatic rings. The molecule has 20 nitrogen and oxygen atoms in total. The van der Waals surface area contributed by atoms with Crippen molar-refractivity contribution in [1.82, 2.24) is 41.0 Å². The Morgan fingerprint density at radius 1 is 0.921 bits per heavy atom. The monoisotopic (exact) mass is 874 g/mol. The molecule has 0 spiro atoms. The minimum absolute atomic E-state index is 0.0413. The summed E-state index contributed by atoms with van der Waals surface area (Å²) in [6.07, 6.45) is 4.08. The quantitative estimate of drug-likeness (QED) is 0.0299. The van der Waals surface area contributed by atoms with Crippen molar-refractivity contribution in [2.24, 2.45) is 0 Å². The highest BCUT2D eigenvalue weighted by Crippen LogP contribution is 2.40. The smallest absolute Gasteiger partial charge is 0.343 e.